The molecule has 1 aromatic heterocycles. The van der Waals surface area contributed by atoms with E-state index in [1.807, 2.05) is 0 Å². The summed E-state index contributed by atoms with van der Waals surface area (Å²) >= 11 is 0. The van der Waals surface area contributed by atoms with E-state index in [2.05, 4.69) is 10.1 Å². The number of aryl methyl sites for hydroxylation is 1. The molecule has 0 saturated carbocycles. The van der Waals surface area contributed by atoms with E-state index in [9.17, 15) is 23.6 Å². The topological polar surface area (TPSA) is 146 Å². The van der Waals surface area contributed by atoms with Crippen LogP contribution in [0.15, 0.2) is 62.8 Å². The van der Waals surface area contributed by atoms with Crippen molar-refractivity contribution in [2.45, 2.75) is 16.7 Å². The second kappa shape index (κ2) is 7.36. The van der Waals surface area contributed by atoms with E-state index in [1.165, 1.54) is 13.0 Å². The maximum Gasteiger partial charge on any atom is 0.327 e. The predicted molar refractivity (Wildman–Crippen MR) is 109 cm³/mol. The zero-order valence-corrected chi connectivity index (χ0v) is 17.1. The van der Waals surface area contributed by atoms with Crippen molar-refractivity contribution >= 4 is 26.3 Å². The zero-order valence-electron chi connectivity index (χ0n) is 16.3. The van der Waals surface area contributed by atoms with Gasteiger partial charge in [-0.15, -0.1) is 0 Å². The summed E-state index contributed by atoms with van der Waals surface area (Å²) in [5.74, 6) is -1.51. The normalized spacial score (nSPS) is 11.5. The molecule has 0 bridgehead atoms. The van der Waals surface area contributed by atoms with Crippen molar-refractivity contribution in [3.8, 4) is 22.9 Å². The third kappa shape index (κ3) is 3.24. The molecule has 158 valence electrons. The van der Waals surface area contributed by atoms with Gasteiger partial charge in [-0.25, -0.2) is 8.42 Å². The SMILES string of the molecule is COc1cc(S(=O)(=O)c2cccc3ccccc23)c(-c2noc(C)n2)c([N+](=O)[O-])c1O. The fourth-order valence-electron chi connectivity index (χ4n) is 3.32. The number of nitro groups is 1. The first-order chi connectivity index (χ1) is 14.8. The number of benzene rings is 3. The fourth-order valence-corrected chi connectivity index (χ4v) is 5.01. The van der Waals surface area contributed by atoms with E-state index >= 15 is 0 Å². The molecule has 0 saturated heterocycles. The highest BCUT2D eigenvalue weighted by atomic mass is 32.2. The molecule has 0 unspecified atom stereocenters. The maximum absolute atomic E-state index is 13.8. The standard InChI is InChI=1S/C20H15N3O7S/c1-11-21-20(22-30-11)17-16(10-14(29-2)19(24)18(17)23(25)26)31(27,28)15-9-5-7-12-6-3-4-8-13(12)15/h3-10,24H,1-2H3. The average Bonchev–Trinajstić information content (AvgIpc) is 3.18. The van der Waals surface area contributed by atoms with Gasteiger partial charge in [0, 0.05) is 18.4 Å². The number of nitrogens with zero attached hydrogens (tertiary/aromatic N) is 3. The summed E-state index contributed by atoms with van der Waals surface area (Å²) in [6.45, 7) is 1.45. The van der Waals surface area contributed by atoms with Gasteiger partial charge in [-0.05, 0) is 11.5 Å². The van der Waals surface area contributed by atoms with Crippen molar-refractivity contribution in [3.05, 3.63) is 64.5 Å². The summed E-state index contributed by atoms with van der Waals surface area (Å²) < 4.78 is 37.4. The second-order valence-electron chi connectivity index (χ2n) is 6.52. The maximum atomic E-state index is 13.8. The molecule has 3 aromatic carbocycles. The quantitative estimate of drug-likeness (QED) is 0.362. The molecule has 4 rings (SSSR count). The lowest BCUT2D eigenvalue weighted by atomic mass is 10.1. The summed E-state index contributed by atoms with van der Waals surface area (Å²) in [6.07, 6.45) is 0. The summed E-state index contributed by atoms with van der Waals surface area (Å²) in [4.78, 5) is 14.3. The van der Waals surface area contributed by atoms with Crippen LogP contribution in [0.1, 0.15) is 5.89 Å². The highest BCUT2D eigenvalue weighted by molar-refractivity contribution is 7.92. The van der Waals surface area contributed by atoms with E-state index in [1.54, 1.807) is 36.4 Å². The lowest BCUT2D eigenvalue weighted by Gasteiger charge is -2.14. The minimum atomic E-state index is -4.36. The van der Waals surface area contributed by atoms with Gasteiger partial charge in [0.2, 0.25) is 27.3 Å². The minimum Gasteiger partial charge on any atom is -0.499 e. The molecule has 4 aromatic rings. The molecule has 0 aliphatic carbocycles. The Hall–Kier alpha value is -3.99. The number of aromatic nitrogens is 2. The van der Waals surface area contributed by atoms with Crippen LogP contribution < -0.4 is 4.74 Å². The number of methoxy groups -OCH3 is 1. The molecule has 31 heavy (non-hydrogen) atoms. The van der Waals surface area contributed by atoms with E-state index < -0.39 is 36.7 Å². The second-order valence-corrected chi connectivity index (χ2v) is 8.41. The van der Waals surface area contributed by atoms with Gasteiger partial charge in [-0.3, -0.25) is 10.1 Å². The number of nitro benzene ring substituents is 1. The Morgan fingerprint density at radius 1 is 1.13 bits per heavy atom. The van der Waals surface area contributed by atoms with Crippen LogP contribution in [-0.4, -0.2) is 35.7 Å². The van der Waals surface area contributed by atoms with Crippen LogP contribution in [-0.2, 0) is 9.84 Å². The van der Waals surface area contributed by atoms with Gasteiger partial charge in [-0.2, -0.15) is 4.98 Å². The first-order valence-corrected chi connectivity index (χ1v) is 10.4. The Morgan fingerprint density at radius 3 is 2.48 bits per heavy atom. The van der Waals surface area contributed by atoms with Gasteiger partial charge in [0.25, 0.3) is 0 Å². The van der Waals surface area contributed by atoms with Crippen molar-refractivity contribution in [1.82, 2.24) is 10.1 Å². The number of phenolic OH excluding ortho intramolecular Hbond substituents is 1. The summed E-state index contributed by atoms with van der Waals surface area (Å²) in [5, 5.41) is 27.0. The first-order valence-electron chi connectivity index (χ1n) is 8.87. The highest BCUT2D eigenvalue weighted by Crippen LogP contribution is 2.48. The monoisotopic (exact) mass is 441 g/mol. The van der Waals surface area contributed by atoms with E-state index in [-0.39, 0.29) is 22.4 Å². The zero-order chi connectivity index (χ0) is 22.3. The Bertz CT molecular complexity index is 1440. The van der Waals surface area contributed by atoms with Crippen molar-refractivity contribution < 1.29 is 27.7 Å². The van der Waals surface area contributed by atoms with Gasteiger partial charge < -0.3 is 14.4 Å². The molecule has 10 nitrogen and oxygen atoms in total. The summed E-state index contributed by atoms with van der Waals surface area (Å²) in [5.41, 5.74) is -1.40. The number of hydrogen-bond acceptors (Lipinski definition) is 9. The minimum absolute atomic E-state index is 0.0631. The number of hydrogen-bond donors (Lipinski definition) is 1. The third-order valence-electron chi connectivity index (χ3n) is 4.69. The van der Waals surface area contributed by atoms with Crippen LogP contribution in [0.4, 0.5) is 5.69 Å². The lowest BCUT2D eigenvalue weighted by Crippen LogP contribution is -2.08. The van der Waals surface area contributed by atoms with Gasteiger partial charge in [0.15, 0.2) is 5.75 Å². The highest BCUT2D eigenvalue weighted by Gasteiger charge is 2.37. The number of fused-ring (bicyclic) bond motifs is 1. The molecule has 1 N–H and O–H groups in total. The predicted octanol–water partition coefficient (Wildman–Crippen LogP) is 3.65. The molecule has 0 fully saturated rings. The number of ether oxygens (including phenoxy) is 1. The number of phenols is 1. The average molecular weight is 441 g/mol. The number of rotatable bonds is 5. The largest absolute Gasteiger partial charge is 0.499 e. The Morgan fingerprint density at radius 2 is 1.84 bits per heavy atom. The molecule has 0 atom stereocenters. The summed E-state index contributed by atoms with van der Waals surface area (Å²) in [6, 6.07) is 12.6. The molecule has 0 aliphatic rings. The van der Waals surface area contributed by atoms with Gasteiger partial charge >= 0.3 is 5.69 Å². The van der Waals surface area contributed by atoms with Crippen LogP contribution in [0.2, 0.25) is 0 Å². The fraction of sp³-hybridized carbons (Fsp3) is 0.100. The van der Waals surface area contributed by atoms with Crippen LogP contribution in [0, 0.1) is 17.0 Å². The molecule has 0 amide bonds. The molecular formula is C20H15N3O7S. The smallest absolute Gasteiger partial charge is 0.327 e. The molecular weight excluding hydrogens is 426 g/mol. The van der Waals surface area contributed by atoms with Crippen molar-refractivity contribution in [3.63, 3.8) is 0 Å². The van der Waals surface area contributed by atoms with Crippen LogP contribution in [0.5, 0.6) is 11.5 Å². The molecule has 0 radical (unpaired) electrons. The Labute approximate surface area is 175 Å². The van der Waals surface area contributed by atoms with Crippen molar-refractivity contribution in [1.29, 1.82) is 0 Å². The van der Waals surface area contributed by atoms with Gasteiger partial charge in [0.05, 0.1) is 21.8 Å². The third-order valence-corrected chi connectivity index (χ3v) is 6.52. The molecule has 0 aliphatic heterocycles. The van der Waals surface area contributed by atoms with Crippen LogP contribution in [0.3, 0.4) is 0 Å². The van der Waals surface area contributed by atoms with E-state index in [0.717, 1.165) is 13.2 Å². The Balaban J connectivity index is 2.15. The molecule has 11 heteroatoms. The molecule has 1 heterocycles. The van der Waals surface area contributed by atoms with Crippen molar-refractivity contribution in [2.75, 3.05) is 7.11 Å². The van der Waals surface area contributed by atoms with Gasteiger partial charge in [0.1, 0.15) is 5.56 Å². The number of aromatic hydroxyl groups is 1. The van der Waals surface area contributed by atoms with E-state index in [0.29, 0.717) is 10.8 Å². The van der Waals surface area contributed by atoms with E-state index in [4.69, 9.17) is 9.26 Å². The molecule has 0 spiro atoms. The first kappa shape index (κ1) is 20.3. The van der Waals surface area contributed by atoms with Gasteiger partial charge in [-0.1, -0.05) is 41.6 Å². The Kier molecular flexibility index (Phi) is 4.82. The lowest BCUT2D eigenvalue weighted by molar-refractivity contribution is -0.385. The van der Waals surface area contributed by atoms with Crippen LogP contribution in [0.25, 0.3) is 22.2 Å². The van der Waals surface area contributed by atoms with Crippen LogP contribution >= 0.6 is 0 Å². The summed E-state index contributed by atoms with van der Waals surface area (Å²) in [7, 11) is -3.20. The van der Waals surface area contributed by atoms with Crippen molar-refractivity contribution in [2.24, 2.45) is 0 Å². The number of sulfone groups is 1.